The van der Waals surface area contributed by atoms with Crippen molar-refractivity contribution in [1.82, 2.24) is 9.88 Å². The van der Waals surface area contributed by atoms with E-state index in [0.29, 0.717) is 15.7 Å². The van der Waals surface area contributed by atoms with E-state index in [9.17, 15) is 14.7 Å². The van der Waals surface area contributed by atoms with Crippen LogP contribution in [-0.2, 0) is 0 Å². The van der Waals surface area contributed by atoms with Crippen LogP contribution in [0.3, 0.4) is 0 Å². The second kappa shape index (κ2) is 10.2. The number of thiophene rings is 1. The highest BCUT2D eigenvalue weighted by molar-refractivity contribution is 7.18. The average molecular weight is 486 g/mol. The van der Waals surface area contributed by atoms with Gasteiger partial charge in [0, 0.05) is 25.8 Å². The zero-order valence-corrected chi connectivity index (χ0v) is 19.6. The fourth-order valence-corrected chi connectivity index (χ4v) is 4.62. The molecular weight excluding hydrogens is 462 g/mol. The quantitative estimate of drug-likeness (QED) is 0.470. The first-order chi connectivity index (χ1) is 15.9. The summed E-state index contributed by atoms with van der Waals surface area (Å²) in [6.07, 6.45) is 2.48. The molecule has 10 heteroatoms. The minimum Gasteiger partial charge on any atom is -0.506 e. The van der Waals surface area contributed by atoms with Crippen LogP contribution in [0.4, 0.5) is 16.5 Å². The molecule has 0 saturated carbocycles. The SMILES string of the molecule is CN1CCCN(c2ccc(C(=O)Nc3c(O)cccc3C(=O)Nc3ccc(Cl)cn3)s2)CC1. The van der Waals surface area contributed by atoms with Crippen LogP contribution in [0.1, 0.15) is 26.5 Å². The Bertz CT molecular complexity index is 1150. The number of aromatic hydroxyl groups is 1. The number of carbonyl (C=O) groups is 2. The second-order valence-electron chi connectivity index (χ2n) is 7.75. The number of likely N-dealkylation sites (N-methyl/N-ethyl adjacent to an activating group) is 1. The van der Waals surface area contributed by atoms with E-state index in [-0.39, 0.29) is 17.0 Å². The zero-order chi connectivity index (χ0) is 23.4. The van der Waals surface area contributed by atoms with Gasteiger partial charge < -0.3 is 25.5 Å². The Hall–Kier alpha value is -3.14. The standard InChI is InChI=1S/C23H24ClN5O3S/c1-28-10-3-11-29(13-12-28)20-9-7-18(33-20)23(32)27-21-16(4-2-5-17(21)30)22(31)26-19-8-6-15(24)14-25-19/h2,4-9,14,30H,3,10-13H2,1H3,(H,27,32)(H,25,26,31). The van der Waals surface area contributed by atoms with Gasteiger partial charge in [-0.05, 0) is 56.4 Å². The first-order valence-electron chi connectivity index (χ1n) is 10.5. The third-order valence-corrected chi connectivity index (χ3v) is 6.71. The van der Waals surface area contributed by atoms with Crippen molar-refractivity contribution in [3.05, 3.63) is 64.1 Å². The predicted molar refractivity (Wildman–Crippen MR) is 132 cm³/mol. The lowest BCUT2D eigenvalue weighted by Crippen LogP contribution is -2.28. The van der Waals surface area contributed by atoms with E-state index >= 15 is 0 Å². The number of nitrogens with one attached hydrogen (secondary N) is 2. The van der Waals surface area contributed by atoms with Crippen molar-refractivity contribution < 1.29 is 14.7 Å². The van der Waals surface area contributed by atoms with Gasteiger partial charge in [0.15, 0.2) is 0 Å². The van der Waals surface area contributed by atoms with E-state index < -0.39 is 11.8 Å². The summed E-state index contributed by atoms with van der Waals surface area (Å²) < 4.78 is 0. The molecule has 3 aromatic rings. The maximum absolute atomic E-state index is 13.0. The molecule has 2 amide bonds. The topological polar surface area (TPSA) is 97.8 Å². The van der Waals surface area contributed by atoms with Crippen LogP contribution in [0.5, 0.6) is 5.75 Å². The number of anilines is 3. The minimum atomic E-state index is -0.517. The molecule has 0 aliphatic carbocycles. The molecule has 1 aliphatic heterocycles. The minimum absolute atomic E-state index is 0.0420. The summed E-state index contributed by atoms with van der Waals surface area (Å²) in [4.78, 5) is 34.9. The first kappa shape index (κ1) is 23.0. The van der Waals surface area contributed by atoms with Crippen LogP contribution < -0.4 is 15.5 Å². The summed E-state index contributed by atoms with van der Waals surface area (Å²) in [6, 6.07) is 11.3. The number of phenolic OH excluding ortho intramolecular Hbond substituents is 1. The van der Waals surface area contributed by atoms with Gasteiger partial charge in [-0.25, -0.2) is 4.98 Å². The molecule has 8 nitrogen and oxygen atoms in total. The number of nitrogens with zero attached hydrogens (tertiary/aromatic N) is 3. The van der Waals surface area contributed by atoms with Crippen LogP contribution >= 0.6 is 22.9 Å². The number of para-hydroxylation sites is 1. The molecule has 4 rings (SSSR count). The Balaban J connectivity index is 1.50. The average Bonchev–Trinajstić information content (AvgIpc) is 3.19. The third-order valence-electron chi connectivity index (χ3n) is 5.34. The molecule has 3 heterocycles. The van der Waals surface area contributed by atoms with Crippen LogP contribution in [0.15, 0.2) is 48.7 Å². The van der Waals surface area contributed by atoms with Gasteiger partial charge in [-0.3, -0.25) is 9.59 Å². The van der Waals surface area contributed by atoms with Crippen LogP contribution in [0.2, 0.25) is 5.02 Å². The summed E-state index contributed by atoms with van der Waals surface area (Å²) in [5.74, 6) is -0.807. The Kier molecular flexibility index (Phi) is 7.12. The normalized spacial score (nSPS) is 14.5. The number of rotatable bonds is 5. The number of phenols is 1. The number of hydrogen-bond acceptors (Lipinski definition) is 7. The predicted octanol–water partition coefficient (Wildman–Crippen LogP) is 4.15. The zero-order valence-electron chi connectivity index (χ0n) is 18.0. The number of carbonyl (C=O) groups excluding carboxylic acids is 2. The molecule has 1 saturated heterocycles. The molecule has 33 heavy (non-hydrogen) atoms. The smallest absolute Gasteiger partial charge is 0.265 e. The van der Waals surface area contributed by atoms with Crippen molar-refractivity contribution in [2.45, 2.75) is 6.42 Å². The second-order valence-corrected chi connectivity index (χ2v) is 9.25. The molecule has 172 valence electrons. The van der Waals surface area contributed by atoms with Crippen molar-refractivity contribution in [1.29, 1.82) is 0 Å². The lowest BCUT2D eigenvalue weighted by atomic mass is 10.1. The first-order valence-corrected chi connectivity index (χ1v) is 11.7. The van der Waals surface area contributed by atoms with E-state index in [1.165, 1.54) is 35.7 Å². The van der Waals surface area contributed by atoms with E-state index in [1.807, 2.05) is 6.07 Å². The Labute approximate surface area is 200 Å². The van der Waals surface area contributed by atoms with Crippen LogP contribution in [-0.4, -0.2) is 60.0 Å². The number of benzene rings is 1. The summed E-state index contributed by atoms with van der Waals surface area (Å²) in [7, 11) is 2.11. The summed E-state index contributed by atoms with van der Waals surface area (Å²) in [5.41, 5.74) is 0.160. The van der Waals surface area contributed by atoms with Gasteiger partial charge in [0.2, 0.25) is 0 Å². The molecular formula is C23H24ClN5O3S. The fraction of sp³-hybridized carbons (Fsp3) is 0.261. The van der Waals surface area contributed by atoms with Crippen molar-refractivity contribution in [2.75, 3.05) is 48.8 Å². The molecule has 2 aromatic heterocycles. The Morgan fingerprint density at radius 2 is 1.88 bits per heavy atom. The summed E-state index contributed by atoms with van der Waals surface area (Å²) >= 11 is 7.22. The Morgan fingerprint density at radius 3 is 2.67 bits per heavy atom. The van der Waals surface area contributed by atoms with Crippen molar-refractivity contribution >= 4 is 51.3 Å². The maximum atomic E-state index is 13.0. The van der Waals surface area contributed by atoms with Crippen LogP contribution in [0.25, 0.3) is 0 Å². The molecule has 0 radical (unpaired) electrons. The Morgan fingerprint density at radius 1 is 1.03 bits per heavy atom. The van der Waals surface area contributed by atoms with Gasteiger partial charge in [-0.15, -0.1) is 11.3 Å². The maximum Gasteiger partial charge on any atom is 0.265 e. The highest BCUT2D eigenvalue weighted by Crippen LogP contribution is 2.31. The van der Waals surface area contributed by atoms with Gasteiger partial charge in [0.1, 0.15) is 11.6 Å². The number of aromatic nitrogens is 1. The molecule has 0 spiro atoms. The van der Waals surface area contributed by atoms with E-state index in [4.69, 9.17) is 11.6 Å². The number of amides is 2. The highest BCUT2D eigenvalue weighted by atomic mass is 35.5. The van der Waals surface area contributed by atoms with Crippen molar-refractivity contribution in [3.8, 4) is 5.75 Å². The number of hydrogen-bond donors (Lipinski definition) is 3. The molecule has 0 atom stereocenters. The van der Waals surface area contributed by atoms with E-state index in [2.05, 4.69) is 32.5 Å². The lowest BCUT2D eigenvalue weighted by Gasteiger charge is -2.20. The van der Waals surface area contributed by atoms with Gasteiger partial charge >= 0.3 is 0 Å². The molecule has 0 bridgehead atoms. The largest absolute Gasteiger partial charge is 0.506 e. The highest BCUT2D eigenvalue weighted by Gasteiger charge is 2.21. The summed E-state index contributed by atoms with van der Waals surface area (Å²) in [6.45, 7) is 3.87. The molecule has 1 aliphatic rings. The molecule has 1 fully saturated rings. The molecule has 1 aromatic carbocycles. The number of halogens is 1. The number of pyridine rings is 1. The van der Waals surface area contributed by atoms with Gasteiger partial charge in [-0.1, -0.05) is 17.7 Å². The van der Waals surface area contributed by atoms with E-state index in [1.54, 1.807) is 18.2 Å². The van der Waals surface area contributed by atoms with Crippen LogP contribution in [0, 0.1) is 0 Å². The van der Waals surface area contributed by atoms with Gasteiger partial charge in [0.05, 0.1) is 26.2 Å². The fourth-order valence-electron chi connectivity index (χ4n) is 3.56. The molecule has 0 unspecified atom stereocenters. The summed E-state index contributed by atoms with van der Waals surface area (Å²) in [5, 5.41) is 17.2. The molecule has 3 N–H and O–H groups in total. The van der Waals surface area contributed by atoms with Crippen molar-refractivity contribution in [2.24, 2.45) is 0 Å². The third kappa shape index (κ3) is 5.62. The van der Waals surface area contributed by atoms with Gasteiger partial charge in [0.25, 0.3) is 11.8 Å². The monoisotopic (exact) mass is 485 g/mol. The van der Waals surface area contributed by atoms with Crippen molar-refractivity contribution in [3.63, 3.8) is 0 Å². The van der Waals surface area contributed by atoms with Gasteiger partial charge in [-0.2, -0.15) is 0 Å². The van der Waals surface area contributed by atoms with E-state index in [0.717, 1.165) is 37.6 Å². The lowest BCUT2D eigenvalue weighted by molar-refractivity contribution is 0.102.